The first-order valence-electron chi connectivity index (χ1n) is 15.9. The number of rotatable bonds is 19. The molecule has 1 unspecified atom stereocenters. The summed E-state index contributed by atoms with van der Waals surface area (Å²) >= 11 is 0. The van der Waals surface area contributed by atoms with Crippen LogP contribution in [0.4, 0.5) is 0 Å². The molecular formula is C40H44O7. The summed E-state index contributed by atoms with van der Waals surface area (Å²) in [5.41, 5.74) is 4.96. The van der Waals surface area contributed by atoms with Gasteiger partial charge < -0.3 is 33.2 Å². The Labute approximate surface area is 278 Å². The second-order valence-corrected chi connectivity index (χ2v) is 11.3. The fraction of sp³-hybridized carbons (Fsp3) is 0.300. The molecule has 1 fully saturated rings. The van der Waals surface area contributed by atoms with Gasteiger partial charge >= 0.3 is 0 Å². The highest BCUT2D eigenvalue weighted by atomic mass is 16.7. The maximum Gasteiger partial charge on any atom is 0.186 e. The molecule has 1 heterocycles. The molecule has 1 saturated heterocycles. The minimum atomic E-state index is -0.774. The number of hydrogen-bond donors (Lipinski definition) is 0. The van der Waals surface area contributed by atoms with Crippen LogP contribution in [0.1, 0.15) is 22.3 Å². The van der Waals surface area contributed by atoms with Crippen molar-refractivity contribution >= 4 is 0 Å². The van der Waals surface area contributed by atoms with Crippen LogP contribution in [-0.4, -0.2) is 50.7 Å². The zero-order valence-corrected chi connectivity index (χ0v) is 26.7. The van der Waals surface area contributed by atoms with Crippen LogP contribution >= 0.6 is 0 Å². The van der Waals surface area contributed by atoms with Gasteiger partial charge in [-0.2, -0.15) is 0 Å². The van der Waals surface area contributed by atoms with Crippen LogP contribution in [0, 0.1) is 0 Å². The fourth-order valence-corrected chi connectivity index (χ4v) is 5.11. The Hall–Kier alpha value is -3.92. The molecule has 1 aliphatic rings. The van der Waals surface area contributed by atoms with Crippen LogP contribution < -0.4 is 0 Å². The summed E-state index contributed by atoms with van der Waals surface area (Å²) in [6.45, 7) is 10.5. The van der Waals surface area contributed by atoms with E-state index >= 15 is 0 Å². The predicted molar refractivity (Wildman–Crippen MR) is 181 cm³/mol. The number of hydrogen-bond acceptors (Lipinski definition) is 7. The van der Waals surface area contributed by atoms with Gasteiger partial charge in [0.15, 0.2) is 12.6 Å². The van der Waals surface area contributed by atoms with E-state index in [1.807, 2.05) is 121 Å². The summed E-state index contributed by atoms with van der Waals surface area (Å²) in [6, 6.07) is 40.0. The van der Waals surface area contributed by atoms with Crippen LogP contribution in [0.5, 0.6) is 0 Å². The van der Waals surface area contributed by atoms with E-state index in [1.165, 1.54) is 0 Å². The van der Waals surface area contributed by atoms with Gasteiger partial charge in [-0.05, 0) is 33.9 Å². The van der Waals surface area contributed by atoms with Crippen LogP contribution in [0.3, 0.4) is 0 Å². The lowest BCUT2D eigenvalue weighted by Gasteiger charge is -2.42. The zero-order valence-electron chi connectivity index (χ0n) is 26.7. The molecule has 5 atom stereocenters. The van der Waals surface area contributed by atoms with Gasteiger partial charge in [0, 0.05) is 0 Å². The Kier molecular flexibility index (Phi) is 13.9. The van der Waals surface area contributed by atoms with E-state index in [1.54, 1.807) is 6.08 Å². The van der Waals surface area contributed by atoms with E-state index in [9.17, 15) is 0 Å². The van der Waals surface area contributed by atoms with Gasteiger partial charge in [-0.3, -0.25) is 0 Å². The zero-order chi connectivity index (χ0) is 32.5. The van der Waals surface area contributed by atoms with Crippen molar-refractivity contribution in [2.24, 2.45) is 0 Å². The highest BCUT2D eigenvalue weighted by Gasteiger charge is 2.45. The number of ether oxygens (including phenoxy) is 7. The normalized spacial score (nSPS) is 20.0. The molecule has 0 aliphatic carbocycles. The fourth-order valence-electron chi connectivity index (χ4n) is 5.11. The summed E-state index contributed by atoms with van der Waals surface area (Å²) in [5, 5.41) is 0. The molecule has 47 heavy (non-hydrogen) atoms. The predicted octanol–water partition coefficient (Wildman–Crippen LogP) is 7.42. The highest BCUT2D eigenvalue weighted by molar-refractivity contribution is 5.16. The molecule has 4 aromatic rings. The smallest absolute Gasteiger partial charge is 0.186 e. The second kappa shape index (κ2) is 19.0. The van der Waals surface area contributed by atoms with Gasteiger partial charge in [0.05, 0.1) is 46.2 Å². The minimum absolute atomic E-state index is 0.230. The summed E-state index contributed by atoms with van der Waals surface area (Å²) in [7, 11) is 0. The molecule has 0 bridgehead atoms. The van der Waals surface area contributed by atoms with Crippen LogP contribution in [0.25, 0.3) is 0 Å². The van der Waals surface area contributed by atoms with Crippen molar-refractivity contribution in [3.05, 3.63) is 168 Å². The second-order valence-electron chi connectivity index (χ2n) is 11.3. The molecule has 4 aromatic carbocycles. The average Bonchev–Trinajstić information content (AvgIpc) is 3.13. The van der Waals surface area contributed by atoms with Gasteiger partial charge in [0.2, 0.25) is 0 Å². The molecule has 246 valence electrons. The highest BCUT2D eigenvalue weighted by Crippen LogP contribution is 2.28. The largest absolute Gasteiger partial charge is 0.372 e. The van der Waals surface area contributed by atoms with Crippen LogP contribution in [0.2, 0.25) is 0 Å². The third-order valence-corrected chi connectivity index (χ3v) is 7.59. The Morgan fingerprint density at radius 3 is 1.66 bits per heavy atom. The van der Waals surface area contributed by atoms with Gasteiger partial charge in [-0.15, -0.1) is 0 Å². The maximum absolute atomic E-state index is 6.62. The summed E-state index contributed by atoms with van der Waals surface area (Å²) < 4.78 is 44.2. The third-order valence-electron chi connectivity index (χ3n) is 7.59. The van der Waals surface area contributed by atoms with Crippen molar-refractivity contribution in [1.82, 2.24) is 0 Å². The molecule has 0 saturated carbocycles. The van der Waals surface area contributed by atoms with Crippen LogP contribution in [-0.2, 0) is 59.6 Å². The lowest BCUT2D eigenvalue weighted by atomic mass is 10.0. The molecule has 0 spiro atoms. The quantitative estimate of drug-likeness (QED) is 0.0784. The van der Waals surface area contributed by atoms with Crippen molar-refractivity contribution in [2.45, 2.75) is 57.3 Å². The molecule has 1 aliphatic heterocycles. The first-order chi connectivity index (χ1) is 23.2. The standard InChI is InChI=1S/C40H44O7/c1-3-37(43-25-31(2)24-41-26-32-16-8-4-9-17-32)47-38-36(42-27-33-18-10-5-11-19-33)30-46-40(45-29-35-22-14-7-15-23-35)39(38)44-28-34-20-12-6-13-21-34/h3-23,36-40H,1-2,24-30H2/t36-,37?,38+,39-,40+/m1/s1. The Bertz CT molecular complexity index is 1450. The van der Waals surface area contributed by atoms with E-state index < -0.39 is 30.9 Å². The van der Waals surface area contributed by atoms with Crippen molar-refractivity contribution in [1.29, 1.82) is 0 Å². The van der Waals surface area contributed by atoms with Crippen LogP contribution in [0.15, 0.2) is 146 Å². The van der Waals surface area contributed by atoms with E-state index in [2.05, 4.69) is 13.2 Å². The summed E-state index contributed by atoms with van der Waals surface area (Å²) in [6.07, 6.45) is -1.59. The van der Waals surface area contributed by atoms with Crippen molar-refractivity contribution < 1.29 is 33.2 Å². The topological polar surface area (TPSA) is 64.6 Å². The lowest BCUT2D eigenvalue weighted by molar-refractivity contribution is -0.317. The molecule has 0 aromatic heterocycles. The maximum atomic E-state index is 6.62. The average molecular weight is 637 g/mol. The monoisotopic (exact) mass is 636 g/mol. The van der Waals surface area contributed by atoms with Gasteiger partial charge in [0.1, 0.15) is 18.3 Å². The first kappa shape index (κ1) is 34.4. The van der Waals surface area contributed by atoms with Crippen molar-refractivity contribution in [2.75, 3.05) is 19.8 Å². The Morgan fingerprint density at radius 2 is 1.13 bits per heavy atom. The van der Waals surface area contributed by atoms with E-state index in [-0.39, 0.29) is 13.2 Å². The Morgan fingerprint density at radius 1 is 0.638 bits per heavy atom. The molecule has 7 nitrogen and oxygen atoms in total. The SMILES string of the molecule is C=CC(OCC(=C)COCc1ccccc1)O[C@@H]1[C@@H](OCc2ccccc2)[C@@H](OCc2ccccc2)OC[C@H]1OCc1ccccc1. The van der Waals surface area contributed by atoms with E-state index in [0.29, 0.717) is 33.0 Å². The van der Waals surface area contributed by atoms with Gasteiger partial charge in [-0.1, -0.05) is 134 Å². The molecule has 0 amide bonds. The van der Waals surface area contributed by atoms with E-state index in [0.717, 1.165) is 27.8 Å². The molecule has 0 N–H and O–H groups in total. The number of benzene rings is 4. The van der Waals surface area contributed by atoms with Crippen molar-refractivity contribution in [3.8, 4) is 0 Å². The first-order valence-corrected chi connectivity index (χ1v) is 15.9. The molecule has 7 heteroatoms. The molecular weight excluding hydrogens is 592 g/mol. The summed E-state index contributed by atoms with van der Waals surface area (Å²) in [5.74, 6) is 0. The summed E-state index contributed by atoms with van der Waals surface area (Å²) in [4.78, 5) is 0. The minimum Gasteiger partial charge on any atom is -0.372 e. The van der Waals surface area contributed by atoms with Gasteiger partial charge in [0.25, 0.3) is 0 Å². The lowest BCUT2D eigenvalue weighted by Crippen LogP contribution is -2.57. The molecule has 0 radical (unpaired) electrons. The Balaban J connectivity index is 1.28. The van der Waals surface area contributed by atoms with Crippen molar-refractivity contribution in [3.63, 3.8) is 0 Å². The van der Waals surface area contributed by atoms with E-state index in [4.69, 9.17) is 33.2 Å². The molecule has 5 rings (SSSR count). The third kappa shape index (κ3) is 11.4. The van der Waals surface area contributed by atoms with Gasteiger partial charge in [-0.25, -0.2) is 0 Å².